The molecule has 2 amide bonds. The van der Waals surface area contributed by atoms with Crippen LogP contribution < -0.4 is 16.4 Å². The number of carbonyl (C=O) groups is 2. The molecule has 0 aromatic rings. The quantitative estimate of drug-likeness (QED) is 0.645. The van der Waals surface area contributed by atoms with Gasteiger partial charge in [0.25, 0.3) is 0 Å². The minimum absolute atomic E-state index is 0. The van der Waals surface area contributed by atoms with Crippen LogP contribution in [0.3, 0.4) is 0 Å². The maximum absolute atomic E-state index is 11.3. The molecule has 0 saturated heterocycles. The van der Waals surface area contributed by atoms with Crippen molar-refractivity contribution < 1.29 is 9.59 Å². The first-order valence-corrected chi connectivity index (χ1v) is 5.08. The van der Waals surface area contributed by atoms with E-state index in [1.807, 2.05) is 20.8 Å². The van der Waals surface area contributed by atoms with E-state index in [9.17, 15) is 9.59 Å². The van der Waals surface area contributed by atoms with Gasteiger partial charge in [-0.15, -0.1) is 12.4 Å². The van der Waals surface area contributed by atoms with Crippen molar-refractivity contribution in [2.45, 2.75) is 27.2 Å². The van der Waals surface area contributed by atoms with Crippen molar-refractivity contribution in [3.05, 3.63) is 0 Å². The molecular weight excluding hydrogens is 230 g/mol. The van der Waals surface area contributed by atoms with Crippen molar-refractivity contribution in [2.24, 2.45) is 11.1 Å². The van der Waals surface area contributed by atoms with Crippen LogP contribution >= 0.6 is 12.4 Å². The highest BCUT2D eigenvalue weighted by molar-refractivity contribution is 5.85. The van der Waals surface area contributed by atoms with Gasteiger partial charge in [-0.05, 0) is 5.41 Å². The van der Waals surface area contributed by atoms with Gasteiger partial charge < -0.3 is 16.4 Å². The molecule has 0 heterocycles. The van der Waals surface area contributed by atoms with E-state index in [4.69, 9.17) is 5.73 Å². The van der Waals surface area contributed by atoms with Crippen molar-refractivity contribution in [3.63, 3.8) is 0 Å². The number of nitrogens with two attached hydrogens (primary N) is 1. The van der Waals surface area contributed by atoms with Gasteiger partial charge in [-0.1, -0.05) is 20.8 Å². The number of carbonyl (C=O) groups excluding carboxylic acids is 2. The van der Waals surface area contributed by atoms with Gasteiger partial charge >= 0.3 is 0 Å². The SMILES string of the molecule is CC(C)(C)CC(=O)NCC(=O)NCCN.Cl. The normalized spacial score (nSPS) is 10.2. The van der Waals surface area contributed by atoms with Gasteiger partial charge in [0.2, 0.25) is 11.8 Å². The molecule has 0 rings (SSSR count). The highest BCUT2D eigenvalue weighted by atomic mass is 35.5. The number of hydrogen-bond acceptors (Lipinski definition) is 3. The first-order chi connectivity index (χ1) is 6.85. The van der Waals surface area contributed by atoms with Gasteiger partial charge in [0, 0.05) is 19.5 Å². The van der Waals surface area contributed by atoms with Crippen LogP contribution in [0.2, 0.25) is 0 Å². The van der Waals surface area contributed by atoms with E-state index < -0.39 is 0 Å². The van der Waals surface area contributed by atoms with Crippen LogP contribution in [-0.4, -0.2) is 31.4 Å². The van der Waals surface area contributed by atoms with Crippen molar-refractivity contribution >= 4 is 24.2 Å². The standard InChI is InChI=1S/C10H21N3O2.ClH/c1-10(2,3)6-8(14)13-7-9(15)12-5-4-11;/h4-7,11H2,1-3H3,(H,12,15)(H,13,14);1H. The molecule has 96 valence electrons. The Bertz CT molecular complexity index is 227. The molecular formula is C10H22ClN3O2. The fourth-order valence-corrected chi connectivity index (χ4v) is 0.997. The highest BCUT2D eigenvalue weighted by Crippen LogP contribution is 2.17. The van der Waals surface area contributed by atoms with Crippen LogP contribution in [-0.2, 0) is 9.59 Å². The van der Waals surface area contributed by atoms with Gasteiger partial charge in [-0.3, -0.25) is 9.59 Å². The van der Waals surface area contributed by atoms with E-state index in [1.54, 1.807) is 0 Å². The van der Waals surface area contributed by atoms with E-state index in [1.165, 1.54) is 0 Å². The molecule has 0 aliphatic rings. The molecule has 0 aliphatic heterocycles. The Morgan fingerprint density at radius 2 is 1.69 bits per heavy atom. The van der Waals surface area contributed by atoms with Crippen LogP contribution in [0.4, 0.5) is 0 Å². The molecule has 0 radical (unpaired) electrons. The molecule has 0 aromatic carbocycles. The van der Waals surface area contributed by atoms with Crippen LogP contribution in [0.5, 0.6) is 0 Å². The predicted molar refractivity (Wildman–Crippen MR) is 66.4 cm³/mol. The van der Waals surface area contributed by atoms with Crippen molar-refractivity contribution in [2.75, 3.05) is 19.6 Å². The Kier molecular flexibility index (Phi) is 9.18. The lowest BCUT2D eigenvalue weighted by molar-refractivity contribution is -0.127. The second kappa shape index (κ2) is 8.35. The molecule has 16 heavy (non-hydrogen) atoms. The number of hydrogen-bond donors (Lipinski definition) is 3. The Balaban J connectivity index is 0. The highest BCUT2D eigenvalue weighted by Gasteiger charge is 2.15. The molecule has 0 fully saturated rings. The van der Waals surface area contributed by atoms with E-state index >= 15 is 0 Å². The zero-order valence-electron chi connectivity index (χ0n) is 10.1. The molecule has 6 heteroatoms. The zero-order chi connectivity index (χ0) is 11.9. The van der Waals surface area contributed by atoms with Crippen LogP contribution in [0.25, 0.3) is 0 Å². The molecule has 0 aromatic heterocycles. The fourth-order valence-electron chi connectivity index (χ4n) is 0.997. The summed E-state index contributed by atoms with van der Waals surface area (Å²) in [6.45, 7) is 6.79. The zero-order valence-corrected chi connectivity index (χ0v) is 10.9. The predicted octanol–water partition coefficient (Wildman–Crippen LogP) is 0.0355. The summed E-state index contributed by atoms with van der Waals surface area (Å²) in [4.78, 5) is 22.4. The molecule has 0 aliphatic carbocycles. The second-order valence-electron chi connectivity index (χ2n) is 4.65. The smallest absolute Gasteiger partial charge is 0.239 e. The Labute approximate surface area is 103 Å². The molecule has 4 N–H and O–H groups in total. The average molecular weight is 252 g/mol. The lowest BCUT2D eigenvalue weighted by atomic mass is 9.92. The summed E-state index contributed by atoms with van der Waals surface area (Å²) in [6.07, 6.45) is 0.414. The third-order valence-corrected chi connectivity index (χ3v) is 1.60. The minimum Gasteiger partial charge on any atom is -0.353 e. The largest absolute Gasteiger partial charge is 0.353 e. The van der Waals surface area contributed by atoms with E-state index in [0.29, 0.717) is 19.5 Å². The topological polar surface area (TPSA) is 84.2 Å². The van der Waals surface area contributed by atoms with Gasteiger partial charge in [0.1, 0.15) is 0 Å². The Morgan fingerprint density at radius 3 is 2.12 bits per heavy atom. The average Bonchev–Trinajstić information content (AvgIpc) is 2.08. The maximum Gasteiger partial charge on any atom is 0.239 e. The van der Waals surface area contributed by atoms with Gasteiger partial charge in [-0.2, -0.15) is 0 Å². The van der Waals surface area contributed by atoms with Gasteiger partial charge in [0.05, 0.1) is 6.54 Å². The Hall–Kier alpha value is -0.810. The summed E-state index contributed by atoms with van der Waals surface area (Å²) in [7, 11) is 0. The summed E-state index contributed by atoms with van der Waals surface area (Å²) in [5.41, 5.74) is 5.16. The first-order valence-electron chi connectivity index (χ1n) is 5.08. The molecule has 0 spiro atoms. The first kappa shape index (κ1) is 17.6. The Morgan fingerprint density at radius 1 is 1.12 bits per heavy atom. The number of halogens is 1. The molecule has 0 saturated carbocycles. The lowest BCUT2D eigenvalue weighted by Gasteiger charge is -2.17. The molecule has 0 unspecified atom stereocenters. The molecule has 0 bridgehead atoms. The fraction of sp³-hybridized carbons (Fsp3) is 0.800. The minimum atomic E-state index is -0.206. The third-order valence-electron chi connectivity index (χ3n) is 1.60. The van der Waals surface area contributed by atoms with Crippen LogP contribution in [0.1, 0.15) is 27.2 Å². The monoisotopic (exact) mass is 251 g/mol. The third kappa shape index (κ3) is 11.3. The van der Waals surface area contributed by atoms with E-state index in [2.05, 4.69) is 10.6 Å². The van der Waals surface area contributed by atoms with Gasteiger partial charge in [0.15, 0.2) is 0 Å². The van der Waals surface area contributed by atoms with Crippen molar-refractivity contribution in [1.29, 1.82) is 0 Å². The number of nitrogens with one attached hydrogen (secondary N) is 2. The van der Waals surface area contributed by atoms with Crippen LogP contribution in [0.15, 0.2) is 0 Å². The lowest BCUT2D eigenvalue weighted by Crippen LogP contribution is -2.39. The number of amides is 2. The summed E-state index contributed by atoms with van der Waals surface area (Å²) in [6, 6.07) is 0. The maximum atomic E-state index is 11.3. The van der Waals surface area contributed by atoms with E-state index in [-0.39, 0.29) is 36.2 Å². The summed E-state index contributed by atoms with van der Waals surface area (Å²) >= 11 is 0. The van der Waals surface area contributed by atoms with Gasteiger partial charge in [-0.25, -0.2) is 0 Å². The second-order valence-corrected chi connectivity index (χ2v) is 4.65. The van der Waals surface area contributed by atoms with Crippen LogP contribution in [0, 0.1) is 5.41 Å². The summed E-state index contributed by atoms with van der Waals surface area (Å²) < 4.78 is 0. The van der Waals surface area contributed by atoms with E-state index in [0.717, 1.165) is 0 Å². The number of rotatable bonds is 5. The molecule has 0 atom stereocenters. The van der Waals surface area contributed by atoms with Crippen molar-refractivity contribution in [1.82, 2.24) is 10.6 Å². The molecule has 5 nitrogen and oxygen atoms in total. The van der Waals surface area contributed by atoms with Crippen molar-refractivity contribution in [3.8, 4) is 0 Å². The summed E-state index contributed by atoms with van der Waals surface area (Å²) in [5, 5.41) is 5.13. The summed E-state index contributed by atoms with van der Waals surface area (Å²) in [5.74, 6) is -0.312.